The minimum atomic E-state index is -0.498. The van der Waals surface area contributed by atoms with Crippen LogP contribution in [0.25, 0.3) is 0 Å². The third-order valence-electron chi connectivity index (χ3n) is 5.55. The zero-order valence-electron chi connectivity index (χ0n) is 17.8. The molecule has 2 aromatic rings. The molecule has 0 radical (unpaired) electrons. The van der Waals surface area contributed by atoms with Gasteiger partial charge in [0, 0.05) is 11.3 Å². The van der Waals surface area contributed by atoms with E-state index in [1.54, 1.807) is 12.1 Å². The first-order valence-corrected chi connectivity index (χ1v) is 10.6. The molecule has 1 aliphatic rings. The standard InChI is InChI=1S/C24H30N2O4/c1-3-18(2)20-8-10-22(11-9-20)25-23(27)17-30-24(28)21-6-4-19(5-7-21)16-26-12-14-29-15-13-26/h4-11,18H,3,12-17H2,1-2H3,(H,25,27)/p+1/t18-/m1/s1. The van der Waals surface area contributed by atoms with E-state index in [-0.39, 0.29) is 12.5 Å². The molecule has 1 fully saturated rings. The van der Waals surface area contributed by atoms with Crippen LogP contribution >= 0.6 is 0 Å². The largest absolute Gasteiger partial charge is 0.452 e. The Balaban J connectivity index is 1.44. The van der Waals surface area contributed by atoms with Crippen molar-refractivity contribution in [1.82, 2.24) is 0 Å². The Kier molecular flexibility index (Phi) is 7.99. The molecule has 0 saturated carbocycles. The van der Waals surface area contributed by atoms with Crippen LogP contribution in [0.2, 0.25) is 0 Å². The predicted molar refractivity (Wildman–Crippen MR) is 116 cm³/mol. The van der Waals surface area contributed by atoms with Crippen molar-refractivity contribution in [2.75, 3.05) is 38.2 Å². The van der Waals surface area contributed by atoms with E-state index in [0.717, 1.165) is 39.3 Å². The van der Waals surface area contributed by atoms with Crippen molar-refractivity contribution in [2.45, 2.75) is 32.7 Å². The van der Waals surface area contributed by atoms with E-state index in [9.17, 15) is 9.59 Å². The first-order chi connectivity index (χ1) is 14.5. The zero-order valence-corrected chi connectivity index (χ0v) is 17.8. The molecule has 6 nitrogen and oxygen atoms in total. The minimum absolute atomic E-state index is 0.314. The first-order valence-electron chi connectivity index (χ1n) is 10.6. The molecule has 3 rings (SSSR count). The van der Waals surface area contributed by atoms with Crippen molar-refractivity contribution in [3.63, 3.8) is 0 Å². The lowest BCUT2D eigenvalue weighted by Gasteiger charge is -2.23. The van der Waals surface area contributed by atoms with Gasteiger partial charge in [-0.15, -0.1) is 0 Å². The molecule has 1 amide bonds. The fourth-order valence-corrected chi connectivity index (χ4v) is 3.43. The van der Waals surface area contributed by atoms with E-state index in [1.165, 1.54) is 16.0 Å². The second kappa shape index (κ2) is 10.9. The SMILES string of the molecule is CC[C@@H](C)c1ccc(NC(=O)COC(=O)c2ccc(C[NH+]3CCOCC3)cc2)cc1. The Bertz CT molecular complexity index is 827. The summed E-state index contributed by atoms with van der Waals surface area (Å²) in [6.45, 7) is 8.51. The van der Waals surface area contributed by atoms with Crippen molar-refractivity contribution >= 4 is 17.6 Å². The summed E-state index contributed by atoms with van der Waals surface area (Å²) in [6, 6.07) is 15.2. The molecule has 160 valence electrons. The monoisotopic (exact) mass is 411 g/mol. The third-order valence-corrected chi connectivity index (χ3v) is 5.55. The number of rotatable bonds is 8. The molecule has 1 heterocycles. The van der Waals surface area contributed by atoms with Crippen molar-refractivity contribution in [3.8, 4) is 0 Å². The molecule has 1 aliphatic heterocycles. The molecule has 2 aromatic carbocycles. The summed E-state index contributed by atoms with van der Waals surface area (Å²) in [5.74, 6) is -0.368. The lowest BCUT2D eigenvalue weighted by atomic mass is 9.99. The van der Waals surface area contributed by atoms with Gasteiger partial charge >= 0.3 is 5.97 Å². The molecule has 0 unspecified atom stereocenters. The topological polar surface area (TPSA) is 69.1 Å². The number of esters is 1. The molecule has 1 saturated heterocycles. The number of anilines is 1. The quantitative estimate of drug-likeness (QED) is 0.655. The average molecular weight is 412 g/mol. The van der Waals surface area contributed by atoms with E-state index in [4.69, 9.17) is 9.47 Å². The number of benzene rings is 2. The highest BCUT2D eigenvalue weighted by Crippen LogP contribution is 2.20. The predicted octanol–water partition coefficient (Wildman–Crippen LogP) is 2.41. The molecule has 2 N–H and O–H groups in total. The maximum absolute atomic E-state index is 12.2. The molecular weight excluding hydrogens is 380 g/mol. The van der Waals surface area contributed by atoms with E-state index in [1.807, 2.05) is 36.4 Å². The number of quaternary nitrogens is 1. The molecule has 6 heteroatoms. The Morgan fingerprint density at radius 1 is 1.07 bits per heavy atom. The zero-order chi connectivity index (χ0) is 21.3. The third kappa shape index (κ3) is 6.40. The van der Waals surface area contributed by atoms with E-state index >= 15 is 0 Å². The van der Waals surface area contributed by atoms with Crippen LogP contribution in [-0.4, -0.2) is 44.8 Å². The molecule has 1 atom stereocenters. The van der Waals surface area contributed by atoms with Crippen LogP contribution in [0.1, 0.15) is 47.7 Å². The second-order valence-corrected chi connectivity index (χ2v) is 7.79. The van der Waals surface area contributed by atoms with Gasteiger partial charge in [0.15, 0.2) is 6.61 Å². The summed E-state index contributed by atoms with van der Waals surface area (Å²) in [4.78, 5) is 25.8. The Morgan fingerprint density at radius 2 is 1.73 bits per heavy atom. The Hall–Kier alpha value is -2.70. The minimum Gasteiger partial charge on any atom is -0.452 e. The maximum Gasteiger partial charge on any atom is 0.338 e. The number of carbonyl (C=O) groups is 2. The Labute approximate surface area is 178 Å². The molecule has 30 heavy (non-hydrogen) atoms. The van der Waals surface area contributed by atoms with Gasteiger partial charge in [0.1, 0.15) is 19.6 Å². The van der Waals surface area contributed by atoms with Gasteiger partial charge in [-0.1, -0.05) is 38.1 Å². The fourth-order valence-electron chi connectivity index (χ4n) is 3.43. The van der Waals surface area contributed by atoms with Crippen molar-refractivity contribution < 1.29 is 24.0 Å². The highest BCUT2D eigenvalue weighted by Gasteiger charge is 2.15. The second-order valence-electron chi connectivity index (χ2n) is 7.79. The smallest absolute Gasteiger partial charge is 0.338 e. The summed E-state index contributed by atoms with van der Waals surface area (Å²) >= 11 is 0. The van der Waals surface area contributed by atoms with Crippen LogP contribution in [0, 0.1) is 0 Å². The molecule has 0 spiro atoms. The highest BCUT2D eigenvalue weighted by atomic mass is 16.5. The summed E-state index contributed by atoms with van der Waals surface area (Å²) in [5, 5.41) is 2.76. The van der Waals surface area contributed by atoms with E-state index in [0.29, 0.717) is 17.2 Å². The van der Waals surface area contributed by atoms with Crippen LogP contribution in [0.4, 0.5) is 5.69 Å². The summed E-state index contributed by atoms with van der Waals surface area (Å²) < 4.78 is 10.5. The lowest BCUT2D eigenvalue weighted by molar-refractivity contribution is -0.921. The highest BCUT2D eigenvalue weighted by molar-refractivity contribution is 5.95. The number of morpholine rings is 1. The lowest BCUT2D eigenvalue weighted by Crippen LogP contribution is -3.12. The van der Waals surface area contributed by atoms with E-state index in [2.05, 4.69) is 19.2 Å². The number of carbonyl (C=O) groups excluding carboxylic acids is 2. The molecule has 0 bridgehead atoms. The molecule has 0 aromatic heterocycles. The normalized spacial score (nSPS) is 15.4. The van der Waals surface area contributed by atoms with Gasteiger partial charge in [-0.2, -0.15) is 0 Å². The van der Waals surface area contributed by atoms with Gasteiger partial charge in [0.2, 0.25) is 0 Å². The average Bonchev–Trinajstić information content (AvgIpc) is 2.78. The molecule has 0 aliphatic carbocycles. The van der Waals surface area contributed by atoms with Gasteiger partial charge in [-0.3, -0.25) is 4.79 Å². The van der Waals surface area contributed by atoms with Crippen molar-refractivity contribution in [2.24, 2.45) is 0 Å². The first kappa shape index (κ1) is 22.0. The van der Waals surface area contributed by atoms with Crippen LogP contribution in [0.15, 0.2) is 48.5 Å². The number of amides is 1. The van der Waals surface area contributed by atoms with Crippen molar-refractivity contribution in [1.29, 1.82) is 0 Å². The number of hydrogen-bond donors (Lipinski definition) is 2. The van der Waals surface area contributed by atoms with Gasteiger partial charge < -0.3 is 19.7 Å². The summed E-state index contributed by atoms with van der Waals surface area (Å²) in [7, 11) is 0. The summed E-state index contributed by atoms with van der Waals surface area (Å²) in [6.07, 6.45) is 1.07. The summed E-state index contributed by atoms with van der Waals surface area (Å²) in [5.41, 5.74) is 3.54. The fraction of sp³-hybridized carbons (Fsp3) is 0.417. The van der Waals surface area contributed by atoms with Gasteiger partial charge in [0.25, 0.3) is 5.91 Å². The van der Waals surface area contributed by atoms with Crippen LogP contribution < -0.4 is 10.2 Å². The number of hydrogen-bond acceptors (Lipinski definition) is 4. The number of ether oxygens (including phenoxy) is 2. The van der Waals surface area contributed by atoms with Crippen LogP contribution in [-0.2, 0) is 20.8 Å². The van der Waals surface area contributed by atoms with Gasteiger partial charge in [-0.25, -0.2) is 4.79 Å². The maximum atomic E-state index is 12.2. The van der Waals surface area contributed by atoms with Crippen LogP contribution in [0.5, 0.6) is 0 Å². The van der Waals surface area contributed by atoms with Gasteiger partial charge in [-0.05, 0) is 42.2 Å². The van der Waals surface area contributed by atoms with E-state index < -0.39 is 5.97 Å². The van der Waals surface area contributed by atoms with Crippen molar-refractivity contribution in [3.05, 3.63) is 65.2 Å². The number of nitrogens with one attached hydrogen (secondary N) is 2. The Morgan fingerprint density at radius 3 is 2.37 bits per heavy atom. The van der Waals surface area contributed by atoms with Crippen LogP contribution in [0.3, 0.4) is 0 Å². The van der Waals surface area contributed by atoms with Gasteiger partial charge in [0.05, 0.1) is 18.8 Å². The molecular formula is C24H31N2O4+.